The standard InChI is InChI=1S/C20H15NO3/c1-13-5-4-7-16(9-13)19-21-17(20(22)24-19)11-14-10-15-6-2-3-8-18(15)23-12-14/h2-11H,12H2,1H3/b17-11-. The van der Waals surface area contributed by atoms with Gasteiger partial charge in [-0.1, -0.05) is 35.9 Å². The Balaban J connectivity index is 1.66. The Morgan fingerprint density at radius 1 is 1.12 bits per heavy atom. The Labute approximate surface area is 139 Å². The first-order valence-corrected chi connectivity index (χ1v) is 7.71. The van der Waals surface area contributed by atoms with Crippen LogP contribution in [-0.4, -0.2) is 18.5 Å². The van der Waals surface area contributed by atoms with E-state index in [9.17, 15) is 4.79 Å². The number of aryl methyl sites for hydroxylation is 1. The van der Waals surface area contributed by atoms with E-state index in [1.165, 1.54) is 0 Å². The summed E-state index contributed by atoms with van der Waals surface area (Å²) in [6, 6.07) is 15.5. The molecule has 0 fully saturated rings. The summed E-state index contributed by atoms with van der Waals surface area (Å²) in [6.45, 7) is 2.39. The van der Waals surface area contributed by atoms with Gasteiger partial charge in [0.2, 0.25) is 5.90 Å². The van der Waals surface area contributed by atoms with Gasteiger partial charge in [0, 0.05) is 11.1 Å². The lowest BCUT2D eigenvalue weighted by molar-refractivity contribution is -0.130. The van der Waals surface area contributed by atoms with Gasteiger partial charge < -0.3 is 9.47 Å². The summed E-state index contributed by atoms with van der Waals surface area (Å²) < 4.78 is 11.0. The maximum Gasteiger partial charge on any atom is 0.363 e. The molecule has 0 unspecified atom stereocenters. The van der Waals surface area contributed by atoms with Crippen molar-refractivity contribution < 1.29 is 14.3 Å². The zero-order chi connectivity index (χ0) is 16.5. The smallest absolute Gasteiger partial charge is 0.363 e. The van der Waals surface area contributed by atoms with Crippen molar-refractivity contribution in [2.24, 2.45) is 4.99 Å². The zero-order valence-electron chi connectivity index (χ0n) is 13.2. The van der Waals surface area contributed by atoms with Crippen molar-refractivity contribution in [1.82, 2.24) is 0 Å². The van der Waals surface area contributed by atoms with Gasteiger partial charge in [-0.2, -0.15) is 0 Å². The number of hydrogen-bond donors (Lipinski definition) is 0. The molecule has 0 saturated carbocycles. The SMILES string of the molecule is Cc1cccc(C2=N/C(=C\C3=Cc4ccccc4OC3)C(=O)O2)c1. The molecule has 0 spiro atoms. The summed E-state index contributed by atoms with van der Waals surface area (Å²) in [6.07, 6.45) is 3.72. The molecule has 2 aliphatic heterocycles. The number of cyclic esters (lactones) is 1. The Morgan fingerprint density at radius 3 is 2.88 bits per heavy atom. The second kappa shape index (κ2) is 5.81. The van der Waals surface area contributed by atoms with Gasteiger partial charge in [0.05, 0.1) is 0 Å². The van der Waals surface area contributed by atoms with Gasteiger partial charge in [-0.3, -0.25) is 0 Å². The number of aliphatic imine (C=N–C) groups is 1. The molecule has 0 amide bonds. The highest BCUT2D eigenvalue weighted by Gasteiger charge is 2.25. The summed E-state index contributed by atoms with van der Waals surface area (Å²) in [5, 5.41) is 0. The van der Waals surface area contributed by atoms with Crippen LogP contribution in [0.3, 0.4) is 0 Å². The van der Waals surface area contributed by atoms with E-state index in [1.807, 2.05) is 61.5 Å². The first kappa shape index (κ1) is 14.5. The van der Waals surface area contributed by atoms with E-state index in [-0.39, 0.29) is 0 Å². The monoisotopic (exact) mass is 317 g/mol. The third-order valence-corrected chi connectivity index (χ3v) is 3.86. The number of hydrogen-bond acceptors (Lipinski definition) is 4. The number of fused-ring (bicyclic) bond motifs is 1. The molecule has 4 heteroatoms. The van der Waals surface area contributed by atoms with Crippen LogP contribution in [-0.2, 0) is 9.53 Å². The van der Waals surface area contributed by atoms with Crippen LogP contribution in [0.5, 0.6) is 5.75 Å². The third kappa shape index (κ3) is 2.74. The predicted molar refractivity (Wildman–Crippen MR) is 91.8 cm³/mol. The van der Waals surface area contributed by atoms with Crippen molar-refractivity contribution in [3.8, 4) is 5.75 Å². The molecule has 24 heavy (non-hydrogen) atoms. The second-order valence-electron chi connectivity index (χ2n) is 5.75. The molecule has 0 atom stereocenters. The van der Waals surface area contributed by atoms with Crippen LogP contribution in [0.15, 0.2) is 70.9 Å². The van der Waals surface area contributed by atoms with Crippen LogP contribution >= 0.6 is 0 Å². The first-order chi connectivity index (χ1) is 11.7. The van der Waals surface area contributed by atoms with E-state index in [0.29, 0.717) is 18.2 Å². The Bertz CT molecular complexity index is 922. The molecule has 118 valence electrons. The highest BCUT2D eigenvalue weighted by Crippen LogP contribution is 2.27. The van der Waals surface area contributed by atoms with E-state index in [4.69, 9.17) is 9.47 Å². The minimum atomic E-state index is -0.439. The van der Waals surface area contributed by atoms with Crippen molar-refractivity contribution in [3.63, 3.8) is 0 Å². The van der Waals surface area contributed by atoms with Crippen molar-refractivity contribution in [1.29, 1.82) is 0 Å². The summed E-state index contributed by atoms with van der Waals surface area (Å²) in [5.74, 6) is 0.747. The summed E-state index contributed by atoms with van der Waals surface area (Å²) in [7, 11) is 0. The van der Waals surface area contributed by atoms with E-state index < -0.39 is 5.97 Å². The number of nitrogens with zero attached hydrogens (tertiary/aromatic N) is 1. The maximum absolute atomic E-state index is 12.1. The Morgan fingerprint density at radius 2 is 2.00 bits per heavy atom. The summed E-state index contributed by atoms with van der Waals surface area (Å²) in [4.78, 5) is 16.4. The normalized spacial score (nSPS) is 17.7. The van der Waals surface area contributed by atoms with Crippen molar-refractivity contribution in [2.45, 2.75) is 6.92 Å². The van der Waals surface area contributed by atoms with E-state index in [1.54, 1.807) is 6.08 Å². The van der Waals surface area contributed by atoms with Gasteiger partial charge in [0.1, 0.15) is 12.4 Å². The highest BCUT2D eigenvalue weighted by atomic mass is 16.6. The van der Waals surface area contributed by atoms with Crippen LogP contribution in [0.25, 0.3) is 6.08 Å². The largest absolute Gasteiger partial charge is 0.488 e. The number of benzene rings is 2. The molecule has 0 N–H and O–H groups in total. The molecular formula is C20H15NO3. The van der Waals surface area contributed by atoms with Gasteiger partial charge in [0.25, 0.3) is 0 Å². The minimum absolute atomic E-state index is 0.292. The Kier molecular flexibility index (Phi) is 3.50. The number of para-hydroxylation sites is 1. The molecule has 0 bridgehead atoms. The van der Waals surface area contributed by atoms with Gasteiger partial charge in [-0.25, -0.2) is 9.79 Å². The van der Waals surface area contributed by atoms with Crippen LogP contribution in [0, 0.1) is 6.92 Å². The van der Waals surface area contributed by atoms with E-state index in [2.05, 4.69) is 4.99 Å². The fourth-order valence-electron chi connectivity index (χ4n) is 2.70. The number of carbonyl (C=O) groups is 1. The lowest BCUT2D eigenvalue weighted by Crippen LogP contribution is -2.08. The third-order valence-electron chi connectivity index (χ3n) is 3.86. The molecular weight excluding hydrogens is 302 g/mol. The number of esters is 1. The molecule has 4 nitrogen and oxygen atoms in total. The fraction of sp³-hybridized carbons (Fsp3) is 0.100. The van der Waals surface area contributed by atoms with Crippen LogP contribution in [0.1, 0.15) is 16.7 Å². The average molecular weight is 317 g/mol. The second-order valence-corrected chi connectivity index (χ2v) is 5.75. The Hall–Kier alpha value is -3.14. The molecule has 0 radical (unpaired) electrons. The quantitative estimate of drug-likeness (QED) is 0.627. The van der Waals surface area contributed by atoms with Gasteiger partial charge in [0.15, 0.2) is 5.70 Å². The topological polar surface area (TPSA) is 47.9 Å². The van der Waals surface area contributed by atoms with Crippen molar-refractivity contribution in [3.05, 3.63) is 82.6 Å². The van der Waals surface area contributed by atoms with Gasteiger partial charge in [-0.05, 0) is 42.8 Å². The maximum atomic E-state index is 12.1. The average Bonchev–Trinajstić information content (AvgIpc) is 2.96. The van der Waals surface area contributed by atoms with E-state index in [0.717, 1.165) is 28.0 Å². The van der Waals surface area contributed by atoms with Crippen LogP contribution in [0.2, 0.25) is 0 Å². The fourth-order valence-corrected chi connectivity index (χ4v) is 2.70. The molecule has 4 rings (SSSR count). The lowest BCUT2D eigenvalue weighted by atomic mass is 10.1. The van der Waals surface area contributed by atoms with Crippen molar-refractivity contribution in [2.75, 3.05) is 6.61 Å². The predicted octanol–water partition coefficient (Wildman–Crippen LogP) is 3.66. The number of carbonyl (C=O) groups excluding carboxylic acids is 1. The molecule has 0 aromatic heterocycles. The molecule has 2 heterocycles. The summed E-state index contributed by atoms with van der Waals surface area (Å²) >= 11 is 0. The van der Waals surface area contributed by atoms with Crippen molar-refractivity contribution >= 4 is 17.9 Å². The molecule has 2 aromatic carbocycles. The van der Waals surface area contributed by atoms with Gasteiger partial charge >= 0.3 is 5.97 Å². The van der Waals surface area contributed by atoms with Crippen LogP contribution in [0.4, 0.5) is 0 Å². The number of rotatable bonds is 2. The summed E-state index contributed by atoms with van der Waals surface area (Å²) in [5.41, 5.74) is 4.05. The first-order valence-electron chi connectivity index (χ1n) is 7.71. The molecule has 2 aromatic rings. The van der Waals surface area contributed by atoms with E-state index >= 15 is 0 Å². The lowest BCUT2D eigenvalue weighted by Gasteiger charge is -2.15. The molecule has 2 aliphatic rings. The molecule has 0 saturated heterocycles. The minimum Gasteiger partial charge on any atom is -0.488 e. The molecule has 0 aliphatic carbocycles. The van der Waals surface area contributed by atoms with Gasteiger partial charge in [-0.15, -0.1) is 0 Å². The van der Waals surface area contributed by atoms with Crippen LogP contribution < -0.4 is 4.74 Å². The number of ether oxygens (including phenoxy) is 2. The highest BCUT2D eigenvalue weighted by molar-refractivity contribution is 6.11. The zero-order valence-corrected chi connectivity index (χ0v) is 13.2.